The number of hydrogen-bond acceptors (Lipinski definition) is 4. The monoisotopic (exact) mass is 209 g/mol. The molecule has 0 aliphatic carbocycles. The standard InChI is InChI=1S/C11H19N3O/c1-4-9(12)5-10-6-13-7-11(14-10)15-8(2)3/h6-9H,4-5,12H2,1-3H3. The first-order valence-electron chi connectivity index (χ1n) is 5.35. The maximum absolute atomic E-state index is 5.85. The zero-order chi connectivity index (χ0) is 11.3. The van der Waals surface area contributed by atoms with Crippen LogP contribution in [-0.2, 0) is 6.42 Å². The second-order valence-electron chi connectivity index (χ2n) is 3.89. The highest BCUT2D eigenvalue weighted by molar-refractivity contribution is 5.09. The fourth-order valence-electron chi connectivity index (χ4n) is 1.20. The van der Waals surface area contributed by atoms with E-state index >= 15 is 0 Å². The normalized spacial score (nSPS) is 12.9. The number of rotatable bonds is 5. The Kier molecular flexibility index (Phi) is 4.49. The molecule has 0 aromatic carbocycles. The van der Waals surface area contributed by atoms with Crippen molar-refractivity contribution in [2.24, 2.45) is 5.73 Å². The Hall–Kier alpha value is -1.16. The molecule has 0 spiro atoms. The molecule has 1 heterocycles. The number of ether oxygens (including phenoxy) is 1. The second kappa shape index (κ2) is 5.66. The molecule has 0 amide bonds. The van der Waals surface area contributed by atoms with Gasteiger partial charge in [-0.1, -0.05) is 6.92 Å². The summed E-state index contributed by atoms with van der Waals surface area (Å²) in [7, 11) is 0. The SMILES string of the molecule is CCC(N)Cc1cncc(OC(C)C)n1. The van der Waals surface area contributed by atoms with Gasteiger partial charge in [0.15, 0.2) is 0 Å². The Bertz CT molecular complexity index is 302. The van der Waals surface area contributed by atoms with Gasteiger partial charge in [0.25, 0.3) is 0 Å². The van der Waals surface area contributed by atoms with Crippen LogP contribution in [0.15, 0.2) is 12.4 Å². The lowest BCUT2D eigenvalue weighted by molar-refractivity contribution is 0.231. The van der Waals surface area contributed by atoms with Gasteiger partial charge >= 0.3 is 0 Å². The fraction of sp³-hybridized carbons (Fsp3) is 0.636. The van der Waals surface area contributed by atoms with Crippen LogP contribution in [0.5, 0.6) is 5.88 Å². The van der Waals surface area contributed by atoms with E-state index in [2.05, 4.69) is 16.9 Å². The topological polar surface area (TPSA) is 61.0 Å². The summed E-state index contributed by atoms with van der Waals surface area (Å²) in [6.45, 7) is 5.99. The fourth-order valence-corrected chi connectivity index (χ4v) is 1.20. The molecule has 15 heavy (non-hydrogen) atoms. The minimum absolute atomic E-state index is 0.120. The maximum Gasteiger partial charge on any atom is 0.232 e. The zero-order valence-corrected chi connectivity index (χ0v) is 9.60. The third-order valence-corrected chi connectivity index (χ3v) is 2.01. The van der Waals surface area contributed by atoms with Crippen molar-refractivity contribution in [3.63, 3.8) is 0 Å². The van der Waals surface area contributed by atoms with Gasteiger partial charge < -0.3 is 10.5 Å². The van der Waals surface area contributed by atoms with E-state index in [0.717, 1.165) is 18.5 Å². The predicted molar refractivity (Wildman–Crippen MR) is 59.8 cm³/mol. The molecule has 0 aliphatic rings. The highest BCUT2D eigenvalue weighted by Crippen LogP contribution is 2.09. The molecule has 0 bridgehead atoms. The molecule has 0 fully saturated rings. The molecule has 4 heteroatoms. The number of nitrogens with zero attached hydrogens (tertiary/aromatic N) is 2. The first kappa shape index (κ1) is 11.9. The van der Waals surface area contributed by atoms with E-state index < -0.39 is 0 Å². The Morgan fingerprint density at radius 3 is 2.73 bits per heavy atom. The molecule has 1 rings (SSSR count). The summed E-state index contributed by atoms with van der Waals surface area (Å²) >= 11 is 0. The van der Waals surface area contributed by atoms with Crippen LogP contribution in [0.25, 0.3) is 0 Å². The molecule has 2 N–H and O–H groups in total. The average molecular weight is 209 g/mol. The lowest BCUT2D eigenvalue weighted by Crippen LogP contribution is -2.22. The summed E-state index contributed by atoms with van der Waals surface area (Å²) in [4.78, 5) is 8.42. The van der Waals surface area contributed by atoms with Gasteiger partial charge in [0.05, 0.1) is 18.0 Å². The molecule has 0 saturated carbocycles. The molecule has 1 aromatic heterocycles. The lowest BCUT2D eigenvalue weighted by Gasteiger charge is -2.11. The van der Waals surface area contributed by atoms with Crippen LogP contribution in [0.4, 0.5) is 0 Å². The first-order valence-corrected chi connectivity index (χ1v) is 5.35. The molecule has 1 unspecified atom stereocenters. The molecule has 0 radical (unpaired) electrons. The zero-order valence-electron chi connectivity index (χ0n) is 9.60. The van der Waals surface area contributed by atoms with Gasteiger partial charge in [0.1, 0.15) is 0 Å². The number of aromatic nitrogens is 2. The Labute approximate surface area is 90.9 Å². The van der Waals surface area contributed by atoms with Crippen LogP contribution in [-0.4, -0.2) is 22.1 Å². The van der Waals surface area contributed by atoms with Crippen LogP contribution in [0.1, 0.15) is 32.9 Å². The van der Waals surface area contributed by atoms with Crippen LogP contribution in [0.3, 0.4) is 0 Å². The third-order valence-electron chi connectivity index (χ3n) is 2.01. The van der Waals surface area contributed by atoms with Crippen LogP contribution in [0.2, 0.25) is 0 Å². The van der Waals surface area contributed by atoms with Crippen LogP contribution >= 0.6 is 0 Å². The van der Waals surface area contributed by atoms with E-state index in [1.165, 1.54) is 0 Å². The van der Waals surface area contributed by atoms with Crippen LogP contribution in [0, 0.1) is 0 Å². The third kappa shape index (κ3) is 4.25. The minimum atomic E-state index is 0.120. The Morgan fingerprint density at radius 1 is 1.40 bits per heavy atom. The molecule has 0 saturated heterocycles. The average Bonchev–Trinajstić information content (AvgIpc) is 2.17. The number of nitrogens with two attached hydrogens (primary N) is 1. The molecular weight excluding hydrogens is 190 g/mol. The van der Waals surface area contributed by atoms with Crippen molar-refractivity contribution in [3.8, 4) is 5.88 Å². The van der Waals surface area contributed by atoms with Crippen molar-refractivity contribution in [1.29, 1.82) is 0 Å². The Balaban J connectivity index is 2.65. The Morgan fingerprint density at radius 2 is 2.13 bits per heavy atom. The van der Waals surface area contributed by atoms with E-state index in [9.17, 15) is 0 Å². The lowest BCUT2D eigenvalue weighted by atomic mass is 10.1. The molecule has 0 aliphatic heterocycles. The van der Waals surface area contributed by atoms with Crippen LogP contribution < -0.4 is 10.5 Å². The van der Waals surface area contributed by atoms with E-state index in [1.807, 2.05) is 13.8 Å². The molecule has 1 atom stereocenters. The smallest absolute Gasteiger partial charge is 0.232 e. The summed E-state index contributed by atoms with van der Waals surface area (Å²) < 4.78 is 5.46. The van der Waals surface area contributed by atoms with Crippen molar-refractivity contribution in [2.45, 2.75) is 45.8 Å². The molecule has 84 valence electrons. The van der Waals surface area contributed by atoms with E-state index in [-0.39, 0.29) is 12.1 Å². The summed E-state index contributed by atoms with van der Waals surface area (Å²) in [5, 5.41) is 0. The van der Waals surface area contributed by atoms with Crippen molar-refractivity contribution in [3.05, 3.63) is 18.1 Å². The van der Waals surface area contributed by atoms with Gasteiger partial charge in [0.2, 0.25) is 5.88 Å². The summed E-state index contributed by atoms with van der Waals surface area (Å²) in [5.41, 5.74) is 6.74. The second-order valence-corrected chi connectivity index (χ2v) is 3.89. The molecule has 1 aromatic rings. The highest BCUT2D eigenvalue weighted by Gasteiger charge is 2.05. The minimum Gasteiger partial charge on any atom is -0.474 e. The van der Waals surface area contributed by atoms with Gasteiger partial charge in [-0.05, 0) is 20.3 Å². The number of hydrogen-bond donors (Lipinski definition) is 1. The quantitative estimate of drug-likeness (QED) is 0.799. The van der Waals surface area contributed by atoms with Gasteiger partial charge in [-0.25, -0.2) is 4.98 Å². The van der Waals surface area contributed by atoms with Crippen molar-refractivity contribution in [1.82, 2.24) is 9.97 Å². The summed E-state index contributed by atoms with van der Waals surface area (Å²) in [5.74, 6) is 0.575. The van der Waals surface area contributed by atoms with E-state index in [0.29, 0.717) is 5.88 Å². The predicted octanol–water partition coefficient (Wildman–Crippen LogP) is 1.54. The summed E-state index contributed by atoms with van der Waals surface area (Å²) in [6, 6.07) is 0.147. The van der Waals surface area contributed by atoms with Crippen molar-refractivity contribution in [2.75, 3.05) is 0 Å². The van der Waals surface area contributed by atoms with E-state index in [4.69, 9.17) is 10.5 Å². The van der Waals surface area contributed by atoms with Gasteiger partial charge in [-0.15, -0.1) is 0 Å². The van der Waals surface area contributed by atoms with Crippen molar-refractivity contribution >= 4 is 0 Å². The van der Waals surface area contributed by atoms with E-state index in [1.54, 1.807) is 12.4 Å². The molecule has 4 nitrogen and oxygen atoms in total. The van der Waals surface area contributed by atoms with Gasteiger partial charge in [0, 0.05) is 18.7 Å². The molecular formula is C11H19N3O. The largest absolute Gasteiger partial charge is 0.474 e. The highest BCUT2D eigenvalue weighted by atomic mass is 16.5. The summed E-state index contributed by atoms with van der Waals surface area (Å²) in [6.07, 6.45) is 5.17. The van der Waals surface area contributed by atoms with Gasteiger partial charge in [-0.3, -0.25) is 4.98 Å². The first-order chi connectivity index (χ1) is 7.11. The van der Waals surface area contributed by atoms with Gasteiger partial charge in [-0.2, -0.15) is 0 Å². The van der Waals surface area contributed by atoms with Crippen molar-refractivity contribution < 1.29 is 4.74 Å². The maximum atomic E-state index is 5.85.